The first-order chi connectivity index (χ1) is 13.6. The summed E-state index contributed by atoms with van der Waals surface area (Å²) in [5.74, 6) is -2.33. The Kier molecular flexibility index (Phi) is 8.14. The molecule has 1 aliphatic heterocycles. The number of allylic oxidation sites excluding steroid dienone is 2. The number of hydrogen-bond donors (Lipinski definition) is 2. The number of carbonyl (C=O) groups excluding carboxylic acids is 1. The van der Waals surface area contributed by atoms with Crippen molar-refractivity contribution in [3.63, 3.8) is 0 Å². The Morgan fingerprint density at radius 3 is 2.41 bits per heavy atom. The van der Waals surface area contributed by atoms with E-state index in [1.807, 2.05) is 13.8 Å². The number of halogens is 2. The topological polar surface area (TPSA) is 84.9 Å². The van der Waals surface area contributed by atoms with Gasteiger partial charge in [-0.25, -0.2) is 9.59 Å². The number of carboxylic acids is 1. The number of esters is 1. The van der Waals surface area contributed by atoms with Gasteiger partial charge in [-0.3, -0.25) is 0 Å². The highest BCUT2D eigenvalue weighted by atomic mass is 35.5. The minimum Gasteiger partial charge on any atom is -0.478 e. The molecule has 0 saturated carbocycles. The van der Waals surface area contributed by atoms with Crippen molar-refractivity contribution in [1.82, 2.24) is 5.32 Å². The van der Waals surface area contributed by atoms with Gasteiger partial charge in [0.05, 0.1) is 33.7 Å². The Bertz CT molecular complexity index is 861. The van der Waals surface area contributed by atoms with Gasteiger partial charge in [0.2, 0.25) is 0 Å². The van der Waals surface area contributed by atoms with Crippen molar-refractivity contribution in [1.29, 1.82) is 0 Å². The molecule has 0 saturated heterocycles. The summed E-state index contributed by atoms with van der Waals surface area (Å²) >= 11 is 12.5. The summed E-state index contributed by atoms with van der Waals surface area (Å²) in [6, 6.07) is 4.93. The molecule has 1 aliphatic rings. The number of nitrogens with one attached hydrogen (secondary N) is 1. The molecular formula is C21H25Cl2NO5. The van der Waals surface area contributed by atoms with Crippen LogP contribution in [0.15, 0.2) is 40.7 Å². The van der Waals surface area contributed by atoms with Crippen LogP contribution in [0, 0.1) is 5.92 Å². The van der Waals surface area contributed by atoms with E-state index in [0.717, 1.165) is 0 Å². The third kappa shape index (κ3) is 5.53. The summed E-state index contributed by atoms with van der Waals surface area (Å²) in [7, 11) is 0. The van der Waals surface area contributed by atoms with Gasteiger partial charge < -0.3 is 19.9 Å². The van der Waals surface area contributed by atoms with E-state index in [4.69, 9.17) is 32.7 Å². The molecule has 1 aromatic rings. The minimum atomic E-state index is -1.16. The summed E-state index contributed by atoms with van der Waals surface area (Å²) in [6.07, 6.45) is 0. The van der Waals surface area contributed by atoms with Gasteiger partial charge in [-0.15, -0.1) is 0 Å². The van der Waals surface area contributed by atoms with E-state index in [2.05, 4.69) is 5.32 Å². The van der Waals surface area contributed by atoms with E-state index in [9.17, 15) is 14.7 Å². The van der Waals surface area contributed by atoms with Gasteiger partial charge in [0.15, 0.2) is 0 Å². The van der Waals surface area contributed by atoms with Crippen molar-refractivity contribution in [2.75, 3.05) is 19.8 Å². The summed E-state index contributed by atoms with van der Waals surface area (Å²) in [5, 5.41) is 13.3. The van der Waals surface area contributed by atoms with Crippen LogP contribution in [0.25, 0.3) is 0 Å². The maximum absolute atomic E-state index is 12.9. The largest absolute Gasteiger partial charge is 0.478 e. The van der Waals surface area contributed by atoms with E-state index in [1.54, 1.807) is 32.0 Å². The number of benzene rings is 1. The quantitative estimate of drug-likeness (QED) is 0.455. The highest BCUT2D eigenvalue weighted by Gasteiger charge is 2.38. The number of carbonyl (C=O) groups is 2. The van der Waals surface area contributed by atoms with Gasteiger partial charge in [-0.1, -0.05) is 49.2 Å². The Hall–Kier alpha value is -2.02. The standard InChI is InChI=1S/C21H25Cl2NO5/c1-11(2)10-28-8-9-29-21(27)17-13(4)24-12(3)16(20(25)26)18(17)14-6-5-7-15(22)19(14)23/h5-7,11,18,24H,8-10H2,1-4H3,(H,25,26). The zero-order chi connectivity index (χ0) is 21.7. The molecule has 2 rings (SSSR count). The molecule has 0 radical (unpaired) electrons. The SMILES string of the molecule is CC1=C(C(=O)O)C(c2cccc(Cl)c2Cl)C(C(=O)OCCOCC(C)C)=C(C)N1. The van der Waals surface area contributed by atoms with Crippen LogP contribution in [0.4, 0.5) is 0 Å². The van der Waals surface area contributed by atoms with E-state index in [-0.39, 0.29) is 34.4 Å². The molecule has 6 nitrogen and oxygen atoms in total. The van der Waals surface area contributed by atoms with Crippen LogP contribution in [0.1, 0.15) is 39.2 Å². The molecule has 2 N–H and O–H groups in total. The zero-order valence-corrected chi connectivity index (χ0v) is 18.4. The third-order valence-corrected chi connectivity index (χ3v) is 5.25. The second kappa shape index (κ2) is 10.1. The normalized spacial score (nSPS) is 16.9. The van der Waals surface area contributed by atoms with Crippen molar-refractivity contribution in [3.05, 3.63) is 56.3 Å². The molecule has 1 aromatic carbocycles. The second-order valence-electron chi connectivity index (χ2n) is 7.19. The van der Waals surface area contributed by atoms with Gasteiger partial charge in [-0.05, 0) is 31.4 Å². The van der Waals surface area contributed by atoms with Crippen molar-refractivity contribution >= 4 is 35.1 Å². The van der Waals surface area contributed by atoms with Crippen LogP contribution in [0.3, 0.4) is 0 Å². The monoisotopic (exact) mass is 441 g/mol. The first-order valence-electron chi connectivity index (χ1n) is 9.25. The molecule has 158 valence electrons. The smallest absolute Gasteiger partial charge is 0.336 e. The Balaban J connectivity index is 2.37. The molecule has 1 atom stereocenters. The molecule has 0 amide bonds. The summed E-state index contributed by atoms with van der Waals surface area (Å²) in [6.45, 7) is 8.26. The van der Waals surface area contributed by atoms with E-state index in [0.29, 0.717) is 29.5 Å². The molecular weight excluding hydrogens is 417 g/mol. The average Bonchev–Trinajstić information content (AvgIpc) is 2.62. The summed E-state index contributed by atoms with van der Waals surface area (Å²) in [5.41, 5.74) is 1.55. The molecule has 0 spiro atoms. The summed E-state index contributed by atoms with van der Waals surface area (Å²) < 4.78 is 10.8. The van der Waals surface area contributed by atoms with Crippen molar-refractivity contribution in [2.45, 2.75) is 33.6 Å². The van der Waals surface area contributed by atoms with Gasteiger partial charge in [0, 0.05) is 18.0 Å². The van der Waals surface area contributed by atoms with Crippen LogP contribution >= 0.6 is 23.2 Å². The number of carboxylic acid groups (broad SMARTS) is 1. The molecule has 0 aliphatic carbocycles. The fourth-order valence-electron chi connectivity index (χ4n) is 3.19. The van der Waals surface area contributed by atoms with Crippen LogP contribution in [-0.2, 0) is 19.1 Å². The Labute approximate surface area is 180 Å². The molecule has 1 heterocycles. The predicted molar refractivity (Wildman–Crippen MR) is 112 cm³/mol. The lowest BCUT2D eigenvalue weighted by Crippen LogP contribution is -2.32. The number of ether oxygens (including phenoxy) is 2. The lowest BCUT2D eigenvalue weighted by atomic mass is 9.80. The van der Waals surface area contributed by atoms with Gasteiger partial charge in [-0.2, -0.15) is 0 Å². The fourth-order valence-corrected chi connectivity index (χ4v) is 3.61. The lowest BCUT2D eigenvalue weighted by Gasteiger charge is -2.30. The number of hydrogen-bond acceptors (Lipinski definition) is 5. The maximum Gasteiger partial charge on any atom is 0.336 e. The second-order valence-corrected chi connectivity index (χ2v) is 7.97. The van der Waals surface area contributed by atoms with Crippen LogP contribution in [-0.4, -0.2) is 36.9 Å². The van der Waals surface area contributed by atoms with Crippen molar-refractivity contribution in [2.24, 2.45) is 5.92 Å². The Morgan fingerprint density at radius 1 is 1.14 bits per heavy atom. The van der Waals surface area contributed by atoms with Gasteiger partial charge >= 0.3 is 11.9 Å². The number of dihydropyridines is 1. The van der Waals surface area contributed by atoms with Crippen molar-refractivity contribution < 1.29 is 24.2 Å². The van der Waals surface area contributed by atoms with E-state index in [1.165, 1.54) is 0 Å². The predicted octanol–water partition coefficient (Wildman–Crippen LogP) is 4.53. The van der Waals surface area contributed by atoms with Crippen molar-refractivity contribution in [3.8, 4) is 0 Å². The van der Waals surface area contributed by atoms with Gasteiger partial charge in [0.25, 0.3) is 0 Å². The maximum atomic E-state index is 12.9. The number of rotatable bonds is 8. The lowest BCUT2D eigenvalue weighted by molar-refractivity contribution is -0.141. The van der Waals surface area contributed by atoms with Crippen LogP contribution in [0.5, 0.6) is 0 Å². The first kappa shape index (κ1) is 23.3. The van der Waals surface area contributed by atoms with E-state index >= 15 is 0 Å². The highest BCUT2D eigenvalue weighted by molar-refractivity contribution is 6.42. The molecule has 0 bridgehead atoms. The molecule has 29 heavy (non-hydrogen) atoms. The molecule has 0 aromatic heterocycles. The summed E-state index contributed by atoms with van der Waals surface area (Å²) in [4.78, 5) is 24.9. The van der Waals surface area contributed by atoms with E-state index < -0.39 is 17.9 Å². The van der Waals surface area contributed by atoms with Crippen LogP contribution < -0.4 is 5.32 Å². The molecule has 8 heteroatoms. The molecule has 0 fully saturated rings. The zero-order valence-electron chi connectivity index (χ0n) is 16.8. The highest BCUT2D eigenvalue weighted by Crippen LogP contribution is 2.43. The minimum absolute atomic E-state index is 0.0165. The first-order valence-corrected chi connectivity index (χ1v) is 10.0. The molecule has 1 unspecified atom stereocenters. The third-order valence-electron chi connectivity index (χ3n) is 4.42. The fraction of sp³-hybridized carbons (Fsp3) is 0.429. The van der Waals surface area contributed by atoms with Crippen LogP contribution in [0.2, 0.25) is 10.0 Å². The van der Waals surface area contributed by atoms with Gasteiger partial charge in [0.1, 0.15) is 6.61 Å². The average molecular weight is 442 g/mol. The Morgan fingerprint density at radius 2 is 1.79 bits per heavy atom. The number of aliphatic carboxylic acids is 1.